The van der Waals surface area contributed by atoms with E-state index < -0.39 is 0 Å². The van der Waals surface area contributed by atoms with E-state index in [-0.39, 0.29) is 11.9 Å². The van der Waals surface area contributed by atoms with Gasteiger partial charge in [-0.15, -0.1) is 0 Å². The van der Waals surface area contributed by atoms with Crippen molar-refractivity contribution in [2.75, 3.05) is 0 Å². The largest absolute Gasteiger partial charge is 0.303 e. The van der Waals surface area contributed by atoms with Gasteiger partial charge in [0.1, 0.15) is 5.82 Å². The standard InChI is InChI=1S/C18H20FN/c1-13(16-8-5-9-17(19)12-16)20-18(15-10-11-15)14-6-3-2-4-7-14/h2-9,12-13,15,18,20H,10-11H2,1H3/t13-,18?/m1/s1. The van der Waals surface area contributed by atoms with Crippen molar-refractivity contribution in [2.45, 2.75) is 31.8 Å². The van der Waals surface area contributed by atoms with E-state index in [2.05, 4.69) is 36.5 Å². The van der Waals surface area contributed by atoms with Gasteiger partial charge in [0.05, 0.1) is 0 Å². The molecule has 0 aromatic heterocycles. The topological polar surface area (TPSA) is 12.0 Å². The molecule has 2 heteroatoms. The van der Waals surface area contributed by atoms with Crippen LogP contribution in [0, 0.1) is 11.7 Å². The Hall–Kier alpha value is -1.67. The summed E-state index contributed by atoms with van der Waals surface area (Å²) >= 11 is 0. The maximum Gasteiger partial charge on any atom is 0.123 e. The molecule has 2 aromatic rings. The van der Waals surface area contributed by atoms with Crippen LogP contribution in [-0.4, -0.2) is 0 Å². The van der Waals surface area contributed by atoms with E-state index in [1.165, 1.54) is 24.5 Å². The Balaban J connectivity index is 1.77. The van der Waals surface area contributed by atoms with Crippen LogP contribution in [0.15, 0.2) is 54.6 Å². The normalized spacial score (nSPS) is 17.7. The van der Waals surface area contributed by atoms with Gasteiger partial charge in [-0.1, -0.05) is 42.5 Å². The highest BCUT2D eigenvalue weighted by atomic mass is 19.1. The van der Waals surface area contributed by atoms with E-state index >= 15 is 0 Å². The Bertz CT molecular complexity index is 563. The van der Waals surface area contributed by atoms with Crippen molar-refractivity contribution in [1.29, 1.82) is 0 Å². The van der Waals surface area contributed by atoms with Gasteiger partial charge in [0.25, 0.3) is 0 Å². The molecule has 2 aromatic carbocycles. The maximum absolute atomic E-state index is 13.3. The summed E-state index contributed by atoms with van der Waals surface area (Å²) in [6, 6.07) is 17.9. The minimum atomic E-state index is -0.168. The smallest absolute Gasteiger partial charge is 0.123 e. The van der Waals surface area contributed by atoms with Gasteiger partial charge in [-0.25, -0.2) is 4.39 Å². The number of hydrogen-bond acceptors (Lipinski definition) is 1. The fourth-order valence-electron chi connectivity index (χ4n) is 2.74. The summed E-state index contributed by atoms with van der Waals surface area (Å²) in [4.78, 5) is 0. The maximum atomic E-state index is 13.3. The number of benzene rings is 2. The van der Waals surface area contributed by atoms with E-state index in [1.807, 2.05) is 12.1 Å². The molecular formula is C18H20FN. The lowest BCUT2D eigenvalue weighted by atomic mass is 9.99. The third-order valence-electron chi connectivity index (χ3n) is 4.03. The minimum absolute atomic E-state index is 0.150. The zero-order valence-electron chi connectivity index (χ0n) is 11.7. The first-order valence-corrected chi connectivity index (χ1v) is 7.30. The second-order valence-corrected chi connectivity index (χ2v) is 5.67. The Morgan fingerprint density at radius 1 is 1.00 bits per heavy atom. The highest BCUT2D eigenvalue weighted by molar-refractivity contribution is 5.24. The highest BCUT2D eigenvalue weighted by Crippen LogP contribution is 2.42. The summed E-state index contributed by atoms with van der Waals surface area (Å²) in [5, 5.41) is 3.67. The lowest BCUT2D eigenvalue weighted by Gasteiger charge is -2.24. The second kappa shape index (κ2) is 5.76. The molecule has 1 aliphatic carbocycles. The quantitative estimate of drug-likeness (QED) is 0.834. The SMILES string of the molecule is C[C@@H](NC(c1ccccc1)C1CC1)c1cccc(F)c1. The van der Waals surface area contributed by atoms with Gasteiger partial charge < -0.3 is 5.32 Å². The van der Waals surface area contributed by atoms with E-state index in [0.29, 0.717) is 12.0 Å². The van der Waals surface area contributed by atoms with Crippen LogP contribution in [-0.2, 0) is 0 Å². The van der Waals surface area contributed by atoms with Gasteiger partial charge in [0.2, 0.25) is 0 Å². The minimum Gasteiger partial charge on any atom is -0.303 e. The molecule has 20 heavy (non-hydrogen) atoms. The molecule has 0 aliphatic heterocycles. The zero-order valence-corrected chi connectivity index (χ0v) is 11.7. The number of rotatable bonds is 5. The van der Waals surface area contributed by atoms with Gasteiger partial charge >= 0.3 is 0 Å². The molecule has 1 aliphatic rings. The average Bonchev–Trinajstić information content (AvgIpc) is 3.30. The van der Waals surface area contributed by atoms with Crippen molar-refractivity contribution in [2.24, 2.45) is 5.92 Å². The van der Waals surface area contributed by atoms with Crippen LogP contribution in [0.5, 0.6) is 0 Å². The highest BCUT2D eigenvalue weighted by Gasteiger charge is 2.33. The summed E-state index contributed by atoms with van der Waals surface area (Å²) < 4.78 is 13.3. The first-order valence-electron chi connectivity index (χ1n) is 7.30. The number of hydrogen-bond donors (Lipinski definition) is 1. The first kappa shape index (κ1) is 13.3. The van der Waals surface area contributed by atoms with E-state index in [1.54, 1.807) is 12.1 Å². The molecule has 1 nitrogen and oxygen atoms in total. The van der Waals surface area contributed by atoms with Gasteiger partial charge in [-0.05, 0) is 48.9 Å². The summed E-state index contributed by atoms with van der Waals surface area (Å²) in [5.74, 6) is 0.548. The fourth-order valence-corrected chi connectivity index (χ4v) is 2.74. The number of halogens is 1. The van der Waals surface area contributed by atoms with Crippen molar-refractivity contribution >= 4 is 0 Å². The van der Waals surface area contributed by atoms with Crippen LogP contribution < -0.4 is 5.32 Å². The van der Waals surface area contributed by atoms with Crippen LogP contribution in [0.1, 0.15) is 43.0 Å². The molecule has 0 bridgehead atoms. The molecule has 0 amide bonds. The Morgan fingerprint density at radius 3 is 2.35 bits per heavy atom. The van der Waals surface area contributed by atoms with E-state index in [4.69, 9.17) is 0 Å². The van der Waals surface area contributed by atoms with E-state index in [0.717, 1.165) is 5.56 Å². The molecule has 0 radical (unpaired) electrons. The van der Waals surface area contributed by atoms with Crippen LogP contribution >= 0.6 is 0 Å². The van der Waals surface area contributed by atoms with Crippen molar-refractivity contribution in [1.82, 2.24) is 5.32 Å². The van der Waals surface area contributed by atoms with Gasteiger partial charge in [-0.3, -0.25) is 0 Å². The van der Waals surface area contributed by atoms with Crippen molar-refractivity contribution in [3.63, 3.8) is 0 Å². The summed E-state index contributed by atoms with van der Waals surface area (Å²) in [6.45, 7) is 2.10. The molecule has 1 N–H and O–H groups in total. The summed E-state index contributed by atoms with van der Waals surface area (Å²) in [6.07, 6.45) is 2.56. The zero-order chi connectivity index (χ0) is 13.9. The Morgan fingerprint density at radius 2 is 1.70 bits per heavy atom. The van der Waals surface area contributed by atoms with Gasteiger partial charge in [-0.2, -0.15) is 0 Å². The molecule has 3 rings (SSSR count). The number of nitrogens with one attached hydrogen (secondary N) is 1. The van der Waals surface area contributed by atoms with Crippen LogP contribution in [0.4, 0.5) is 4.39 Å². The van der Waals surface area contributed by atoms with Crippen LogP contribution in [0.25, 0.3) is 0 Å². The molecule has 2 atom stereocenters. The molecule has 1 fully saturated rings. The third-order valence-corrected chi connectivity index (χ3v) is 4.03. The van der Waals surface area contributed by atoms with Crippen molar-refractivity contribution < 1.29 is 4.39 Å². The summed E-state index contributed by atoms with van der Waals surface area (Å²) in [5.41, 5.74) is 2.34. The van der Waals surface area contributed by atoms with Crippen molar-refractivity contribution in [3.8, 4) is 0 Å². The Kier molecular flexibility index (Phi) is 3.83. The summed E-state index contributed by atoms with van der Waals surface area (Å²) in [7, 11) is 0. The lowest BCUT2D eigenvalue weighted by molar-refractivity contribution is 0.426. The molecule has 0 heterocycles. The lowest BCUT2D eigenvalue weighted by Crippen LogP contribution is -2.26. The third kappa shape index (κ3) is 3.07. The average molecular weight is 269 g/mol. The fraction of sp³-hybridized carbons (Fsp3) is 0.333. The van der Waals surface area contributed by atoms with Crippen LogP contribution in [0.3, 0.4) is 0 Å². The van der Waals surface area contributed by atoms with Crippen LogP contribution in [0.2, 0.25) is 0 Å². The predicted octanol–water partition coefficient (Wildman–Crippen LogP) is 4.63. The molecular weight excluding hydrogens is 249 g/mol. The molecule has 104 valence electrons. The molecule has 1 unspecified atom stereocenters. The molecule has 1 saturated carbocycles. The second-order valence-electron chi connectivity index (χ2n) is 5.67. The first-order chi connectivity index (χ1) is 9.74. The monoisotopic (exact) mass is 269 g/mol. The predicted molar refractivity (Wildman–Crippen MR) is 79.9 cm³/mol. The van der Waals surface area contributed by atoms with E-state index in [9.17, 15) is 4.39 Å². The van der Waals surface area contributed by atoms with Gasteiger partial charge in [0, 0.05) is 12.1 Å². The van der Waals surface area contributed by atoms with Gasteiger partial charge in [0.15, 0.2) is 0 Å². The molecule has 0 spiro atoms. The van der Waals surface area contributed by atoms with Crippen molar-refractivity contribution in [3.05, 3.63) is 71.5 Å². The molecule has 0 saturated heterocycles. The Labute approximate surface area is 119 Å².